The molecule has 2 rings (SSSR count). The highest BCUT2D eigenvalue weighted by molar-refractivity contribution is 5.86. The average Bonchev–Trinajstić information content (AvgIpc) is 2.88. The Morgan fingerprint density at radius 3 is 2.90 bits per heavy atom. The smallest absolute Gasteiger partial charge is 0.328 e. The van der Waals surface area contributed by atoms with E-state index in [0.717, 1.165) is 6.08 Å². The van der Waals surface area contributed by atoms with Gasteiger partial charge in [-0.25, -0.2) is 4.79 Å². The SMILES string of the molecule is COc1ccc(/C=C/C(=O)O)c(OCc2nc(C)no2)c1. The molecule has 7 heteroatoms. The van der Waals surface area contributed by atoms with Crippen molar-refractivity contribution in [3.05, 3.63) is 41.6 Å². The summed E-state index contributed by atoms with van der Waals surface area (Å²) in [5, 5.41) is 12.4. The van der Waals surface area contributed by atoms with E-state index in [1.54, 1.807) is 25.1 Å². The van der Waals surface area contributed by atoms with Crippen molar-refractivity contribution >= 4 is 12.0 Å². The average molecular weight is 290 g/mol. The summed E-state index contributed by atoms with van der Waals surface area (Å²) in [6.07, 6.45) is 2.47. The van der Waals surface area contributed by atoms with Gasteiger partial charge in [-0.3, -0.25) is 0 Å². The number of rotatable bonds is 6. The van der Waals surface area contributed by atoms with E-state index >= 15 is 0 Å². The number of methoxy groups -OCH3 is 1. The molecule has 7 nitrogen and oxygen atoms in total. The van der Waals surface area contributed by atoms with Crippen molar-refractivity contribution in [2.45, 2.75) is 13.5 Å². The number of nitrogens with zero attached hydrogens (tertiary/aromatic N) is 2. The third-order valence-corrected chi connectivity index (χ3v) is 2.55. The monoisotopic (exact) mass is 290 g/mol. The lowest BCUT2D eigenvalue weighted by Crippen LogP contribution is -1.98. The fourth-order valence-corrected chi connectivity index (χ4v) is 1.60. The molecule has 0 atom stereocenters. The van der Waals surface area contributed by atoms with Gasteiger partial charge >= 0.3 is 5.97 Å². The Hall–Kier alpha value is -2.83. The zero-order valence-corrected chi connectivity index (χ0v) is 11.6. The second-order valence-electron chi connectivity index (χ2n) is 4.10. The topological polar surface area (TPSA) is 94.7 Å². The number of carboxylic acids is 1. The van der Waals surface area contributed by atoms with Gasteiger partial charge in [-0.2, -0.15) is 4.98 Å². The molecule has 2 aromatic rings. The number of ether oxygens (including phenoxy) is 2. The summed E-state index contributed by atoms with van der Waals surface area (Å²) in [7, 11) is 1.53. The maximum absolute atomic E-state index is 10.6. The number of benzene rings is 1. The molecule has 0 saturated heterocycles. The second-order valence-corrected chi connectivity index (χ2v) is 4.10. The quantitative estimate of drug-likeness (QED) is 0.813. The van der Waals surface area contributed by atoms with Crippen molar-refractivity contribution in [1.82, 2.24) is 10.1 Å². The van der Waals surface area contributed by atoms with Crippen LogP contribution in [0.4, 0.5) is 0 Å². The number of aliphatic carboxylic acids is 1. The zero-order chi connectivity index (χ0) is 15.2. The maximum atomic E-state index is 10.6. The summed E-state index contributed by atoms with van der Waals surface area (Å²) in [6.45, 7) is 1.79. The van der Waals surface area contributed by atoms with Crippen LogP contribution in [0.3, 0.4) is 0 Å². The van der Waals surface area contributed by atoms with E-state index < -0.39 is 5.97 Å². The van der Waals surface area contributed by atoms with E-state index in [4.69, 9.17) is 19.1 Å². The molecule has 0 unspecified atom stereocenters. The molecule has 0 aliphatic rings. The minimum absolute atomic E-state index is 0.0852. The van der Waals surface area contributed by atoms with Gasteiger partial charge in [-0.15, -0.1) is 0 Å². The van der Waals surface area contributed by atoms with Gasteiger partial charge in [0.25, 0.3) is 5.89 Å². The molecule has 0 radical (unpaired) electrons. The number of carbonyl (C=O) groups is 1. The molecule has 1 heterocycles. The van der Waals surface area contributed by atoms with Crippen LogP contribution in [0.5, 0.6) is 11.5 Å². The van der Waals surface area contributed by atoms with Gasteiger partial charge in [0, 0.05) is 17.7 Å². The van der Waals surface area contributed by atoms with Gasteiger partial charge in [-0.05, 0) is 25.1 Å². The Bertz CT molecular complexity index is 663. The molecule has 110 valence electrons. The van der Waals surface area contributed by atoms with Crippen molar-refractivity contribution in [3.63, 3.8) is 0 Å². The lowest BCUT2D eigenvalue weighted by atomic mass is 10.1. The van der Waals surface area contributed by atoms with Crippen molar-refractivity contribution in [2.24, 2.45) is 0 Å². The van der Waals surface area contributed by atoms with Crippen LogP contribution >= 0.6 is 0 Å². The first-order valence-electron chi connectivity index (χ1n) is 6.09. The summed E-state index contributed by atoms with van der Waals surface area (Å²) in [6, 6.07) is 5.07. The normalized spacial score (nSPS) is 10.8. The van der Waals surface area contributed by atoms with E-state index in [1.807, 2.05) is 0 Å². The number of hydrogen-bond donors (Lipinski definition) is 1. The molecular formula is C14H14N2O5. The minimum Gasteiger partial charge on any atom is -0.497 e. The highest BCUT2D eigenvalue weighted by Gasteiger charge is 2.08. The van der Waals surface area contributed by atoms with Crippen LogP contribution in [-0.2, 0) is 11.4 Å². The number of aromatic nitrogens is 2. The third kappa shape index (κ3) is 4.07. The molecule has 21 heavy (non-hydrogen) atoms. The van der Waals surface area contributed by atoms with E-state index in [0.29, 0.717) is 28.8 Å². The zero-order valence-electron chi connectivity index (χ0n) is 11.6. The summed E-state index contributed by atoms with van der Waals surface area (Å²) in [5.41, 5.74) is 0.606. The van der Waals surface area contributed by atoms with Gasteiger partial charge in [0.15, 0.2) is 12.4 Å². The molecule has 0 saturated carbocycles. The Balaban J connectivity index is 2.19. The van der Waals surface area contributed by atoms with Crippen molar-refractivity contribution in [2.75, 3.05) is 7.11 Å². The van der Waals surface area contributed by atoms with Crippen LogP contribution in [0.1, 0.15) is 17.3 Å². The summed E-state index contributed by atoms with van der Waals surface area (Å²) < 4.78 is 15.7. The molecule has 1 N–H and O–H groups in total. The number of carboxylic acid groups (broad SMARTS) is 1. The molecule has 0 bridgehead atoms. The summed E-state index contributed by atoms with van der Waals surface area (Å²) in [4.78, 5) is 14.6. The lowest BCUT2D eigenvalue weighted by molar-refractivity contribution is -0.131. The third-order valence-electron chi connectivity index (χ3n) is 2.55. The Morgan fingerprint density at radius 1 is 1.48 bits per heavy atom. The number of hydrogen-bond acceptors (Lipinski definition) is 6. The van der Waals surface area contributed by atoms with E-state index in [2.05, 4.69) is 10.1 Å². The Kier molecular flexibility index (Phi) is 4.55. The predicted molar refractivity (Wildman–Crippen MR) is 73.0 cm³/mol. The summed E-state index contributed by atoms with van der Waals surface area (Å²) in [5.74, 6) is 0.875. The molecule has 0 amide bonds. The van der Waals surface area contributed by atoms with Crippen LogP contribution in [0, 0.1) is 6.92 Å². The van der Waals surface area contributed by atoms with Crippen LogP contribution in [0.2, 0.25) is 0 Å². The number of aryl methyl sites for hydroxylation is 1. The standard InChI is InChI=1S/C14H14N2O5/c1-9-15-13(21-16-9)8-20-12-7-11(19-2)5-3-10(12)4-6-14(17)18/h3-7H,8H2,1-2H3,(H,17,18)/b6-4+. The van der Waals surface area contributed by atoms with Crippen LogP contribution in [0.25, 0.3) is 6.08 Å². The second kappa shape index (κ2) is 6.56. The van der Waals surface area contributed by atoms with Crippen LogP contribution in [-0.4, -0.2) is 28.3 Å². The van der Waals surface area contributed by atoms with Gasteiger partial charge < -0.3 is 19.1 Å². The minimum atomic E-state index is -1.04. The van der Waals surface area contributed by atoms with Crippen LogP contribution in [0.15, 0.2) is 28.8 Å². The highest BCUT2D eigenvalue weighted by Crippen LogP contribution is 2.26. The molecular weight excluding hydrogens is 276 g/mol. The summed E-state index contributed by atoms with van der Waals surface area (Å²) >= 11 is 0. The Labute approximate surface area is 120 Å². The van der Waals surface area contributed by atoms with E-state index in [9.17, 15) is 4.79 Å². The van der Waals surface area contributed by atoms with Crippen molar-refractivity contribution in [3.8, 4) is 11.5 Å². The van der Waals surface area contributed by atoms with Crippen molar-refractivity contribution < 1.29 is 23.9 Å². The van der Waals surface area contributed by atoms with Gasteiger partial charge in [-0.1, -0.05) is 5.16 Å². The molecule has 0 aliphatic carbocycles. The predicted octanol–water partition coefficient (Wildman–Crippen LogP) is 2.06. The molecule has 0 spiro atoms. The molecule has 0 fully saturated rings. The first-order chi connectivity index (χ1) is 10.1. The van der Waals surface area contributed by atoms with Gasteiger partial charge in [0.2, 0.25) is 0 Å². The first kappa shape index (κ1) is 14.6. The lowest BCUT2D eigenvalue weighted by Gasteiger charge is -2.09. The van der Waals surface area contributed by atoms with Crippen molar-refractivity contribution in [1.29, 1.82) is 0 Å². The van der Waals surface area contributed by atoms with E-state index in [-0.39, 0.29) is 6.61 Å². The molecule has 1 aromatic carbocycles. The largest absolute Gasteiger partial charge is 0.497 e. The van der Waals surface area contributed by atoms with Gasteiger partial charge in [0.1, 0.15) is 11.5 Å². The highest BCUT2D eigenvalue weighted by atomic mass is 16.5. The molecule has 0 aliphatic heterocycles. The fourth-order valence-electron chi connectivity index (χ4n) is 1.60. The van der Waals surface area contributed by atoms with E-state index in [1.165, 1.54) is 13.2 Å². The molecule has 1 aromatic heterocycles. The Morgan fingerprint density at radius 2 is 2.29 bits per heavy atom. The van der Waals surface area contributed by atoms with Gasteiger partial charge in [0.05, 0.1) is 7.11 Å². The fraction of sp³-hybridized carbons (Fsp3) is 0.214. The van der Waals surface area contributed by atoms with Crippen LogP contribution < -0.4 is 9.47 Å². The maximum Gasteiger partial charge on any atom is 0.328 e. The first-order valence-corrected chi connectivity index (χ1v) is 6.09.